The van der Waals surface area contributed by atoms with Gasteiger partial charge in [-0.1, -0.05) is 129 Å². The Kier molecular flexibility index (Phi) is 22.8. The molecule has 85 heavy (non-hydrogen) atoms. The summed E-state index contributed by atoms with van der Waals surface area (Å²) in [5, 5.41) is 0. The van der Waals surface area contributed by atoms with Crippen molar-refractivity contribution in [3.8, 4) is 0 Å². The van der Waals surface area contributed by atoms with Crippen molar-refractivity contribution < 1.29 is 95.1 Å². The maximum absolute atomic E-state index is 14.2. The number of hydrogen-bond acceptors (Lipinski definition) is 20. The lowest BCUT2D eigenvalue weighted by Gasteiger charge is -2.44. The highest BCUT2D eigenvalue weighted by Crippen LogP contribution is 2.34. The zero-order valence-electron chi connectivity index (χ0n) is 47.2. The molecule has 446 valence electrons. The van der Waals surface area contributed by atoms with E-state index in [0.29, 0.717) is 6.04 Å². The SMILES string of the molecule is CC(=O)OCCO[C@@H]1O[C@H](COCOC[C@@H]2O[C@H](OCC[Si](C)(C)C)[C@@H](OC(=O)c3ccccc3)[C@H](OC(=O)c3ccccc3)[C@@H]2OC(=O)c2ccccc2)[C@H](OC(=O)c2ccccc2)[C@H](OC(=O)c2ccccc2)[C@H]1OC(=O)c1ccccc1. The van der Waals surface area contributed by atoms with E-state index in [4.69, 9.17) is 61.6 Å². The molecule has 0 spiro atoms. The minimum Gasteiger partial charge on any atom is -0.463 e. The van der Waals surface area contributed by atoms with Crippen LogP contribution in [-0.2, 0) is 66.4 Å². The van der Waals surface area contributed by atoms with Crippen LogP contribution in [0.25, 0.3) is 0 Å². The summed E-state index contributed by atoms with van der Waals surface area (Å²) in [6.45, 7) is 5.70. The van der Waals surface area contributed by atoms with Crippen LogP contribution in [0.15, 0.2) is 182 Å². The normalized spacial score (nSPS) is 21.9. The van der Waals surface area contributed by atoms with Crippen molar-refractivity contribution in [3.05, 3.63) is 215 Å². The Balaban J connectivity index is 1.11. The third-order valence-corrected chi connectivity index (χ3v) is 14.9. The molecule has 0 bridgehead atoms. The number of esters is 7. The molecule has 10 atom stereocenters. The van der Waals surface area contributed by atoms with E-state index in [1.54, 1.807) is 121 Å². The summed E-state index contributed by atoms with van der Waals surface area (Å²) in [5.41, 5.74) is 0.767. The summed E-state index contributed by atoms with van der Waals surface area (Å²) in [4.78, 5) is 96.2. The highest BCUT2D eigenvalue weighted by molar-refractivity contribution is 6.76. The Labute approximate surface area is 492 Å². The van der Waals surface area contributed by atoms with Crippen LogP contribution in [0.4, 0.5) is 0 Å². The molecule has 0 amide bonds. The maximum atomic E-state index is 14.2. The molecule has 0 N–H and O–H groups in total. The fourth-order valence-electron chi connectivity index (χ4n) is 8.91. The zero-order chi connectivity index (χ0) is 60.1. The molecule has 8 rings (SSSR count). The summed E-state index contributed by atoms with van der Waals surface area (Å²) in [5.74, 6) is -5.73. The van der Waals surface area contributed by atoms with Gasteiger partial charge >= 0.3 is 41.8 Å². The van der Waals surface area contributed by atoms with Gasteiger partial charge in [0.05, 0.1) is 53.2 Å². The average molecular weight is 1180 g/mol. The van der Waals surface area contributed by atoms with Gasteiger partial charge in [-0.05, 0) is 78.8 Å². The van der Waals surface area contributed by atoms with Gasteiger partial charge in [0.15, 0.2) is 49.2 Å². The van der Waals surface area contributed by atoms with Gasteiger partial charge in [0.2, 0.25) is 0 Å². The van der Waals surface area contributed by atoms with Gasteiger partial charge in [-0.25, -0.2) is 28.8 Å². The third-order valence-electron chi connectivity index (χ3n) is 13.2. The fourth-order valence-corrected chi connectivity index (χ4v) is 9.64. The second-order valence-corrected chi connectivity index (χ2v) is 26.4. The van der Waals surface area contributed by atoms with Crippen molar-refractivity contribution in [2.75, 3.05) is 39.8 Å². The third kappa shape index (κ3) is 18.3. The molecule has 0 aliphatic carbocycles. The molecule has 2 heterocycles. The van der Waals surface area contributed by atoms with Crippen molar-refractivity contribution in [2.24, 2.45) is 0 Å². The maximum Gasteiger partial charge on any atom is 0.338 e. The topological polar surface area (TPSA) is 239 Å². The second-order valence-electron chi connectivity index (χ2n) is 20.8. The zero-order valence-corrected chi connectivity index (χ0v) is 48.2. The van der Waals surface area contributed by atoms with Crippen molar-refractivity contribution >= 4 is 49.9 Å². The molecular formula is C64H66O20Si. The van der Waals surface area contributed by atoms with Gasteiger partial charge in [0.1, 0.15) is 25.6 Å². The Morgan fingerprint density at radius 2 is 0.635 bits per heavy atom. The smallest absolute Gasteiger partial charge is 0.338 e. The fraction of sp³-hybridized carbons (Fsp3) is 0.328. The number of ether oxygens (including phenoxy) is 13. The number of hydrogen-bond donors (Lipinski definition) is 0. The number of carbonyl (C=O) groups is 7. The van der Waals surface area contributed by atoms with Crippen molar-refractivity contribution in [1.29, 1.82) is 0 Å². The first-order valence-corrected chi connectivity index (χ1v) is 31.2. The first-order valence-electron chi connectivity index (χ1n) is 27.5. The van der Waals surface area contributed by atoms with Gasteiger partial charge in [0, 0.05) is 21.6 Å². The molecule has 20 nitrogen and oxygen atoms in total. The molecule has 0 radical (unpaired) electrons. The molecular weight excluding hydrogens is 1120 g/mol. The van der Waals surface area contributed by atoms with Crippen molar-refractivity contribution in [3.63, 3.8) is 0 Å². The number of benzene rings is 6. The van der Waals surface area contributed by atoms with Crippen LogP contribution < -0.4 is 0 Å². The molecule has 0 unspecified atom stereocenters. The number of rotatable bonds is 26. The first-order chi connectivity index (χ1) is 41.1. The Hall–Kier alpha value is -8.41. The largest absolute Gasteiger partial charge is 0.463 e. The summed E-state index contributed by atoms with van der Waals surface area (Å²) in [6.07, 6.45) is -15.3. The van der Waals surface area contributed by atoms with E-state index in [2.05, 4.69) is 19.6 Å². The van der Waals surface area contributed by atoms with Crippen molar-refractivity contribution in [1.82, 2.24) is 0 Å². The standard InChI is InChI=1S/C64H66O20Si/c1-42(65)74-35-36-75-63-55(83-61(70)47-31-19-9-20-32-47)53(81-59(68)45-27-15-7-16-28-45)51(79-57(66)43-23-11-5-12-24-43)49(77-63)39-72-41-73-40-50-52(80-58(67)44-25-13-6-14-26-44)54(82-60(69)46-29-17-8-18-30-46)56(64(78-50)76-37-38-85(2,3)4)84-62(71)48-33-21-10-22-34-48/h5-34,49-56,63-64H,35-41H2,1-4H3/t49-,50+,51+,52-,53+,54-,55-,56+,63-,64+/m1/s1. The molecule has 0 aromatic heterocycles. The predicted molar refractivity (Wildman–Crippen MR) is 305 cm³/mol. The van der Waals surface area contributed by atoms with E-state index in [9.17, 15) is 33.6 Å². The molecule has 2 aliphatic heterocycles. The molecule has 2 aliphatic rings. The minimum atomic E-state index is -1.77. The summed E-state index contributed by atoms with van der Waals surface area (Å²) < 4.78 is 80.1. The van der Waals surface area contributed by atoms with Gasteiger partial charge in [-0.3, -0.25) is 4.79 Å². The van der Waals surface area contributed by atoms with Crippen molar-refractivity contribution in [2.45, 2.75) is 94.0 Å². The van der Waals surface area contributed by atoms with Gasteiger partial charge in [-0.2, -0.15) is 0 Å². The van der Waals surface area contributed by atoms with Gasteiger partial charge in [-0.15, -0.1) is 0 Å². The van der Waals surface area contributed by atoms with E-state index in [1.807, 2.05) is 0 Å². The number of carbonyl (C=O) groups excluding carboxylic acids is 7. The molecule has 6 aromatic rings. The van der Waals surface area contributed by atoms with E-state index in [-0.39, 0.29) is 53.2 Å². The minimum absolute atomic E-state index is 0.0999. The van der Waals surface area contributed by atoms with E-state index < -0.39 is 131 Å². The highest BCUT2D eigenvalue weighted by atomic mass is 28.3. The van der Waals surface area contributed by atoms with Gasteiger partial charge < -0.3 is 61.6 Å². The summed E-state index contributed by atoms with van der Waals surface area (Å²) in [6, 6.07) is 48.7. The summed E-state index contributed by atoms with van der Waals surface area (Å²) in [7, 11) is -1.77. The van der Waals surface area contributed by atoms with Crippen LogP contribution in [0.1, 0.15) is 69.1 Å². The molecule has 0 saturated carbocycles. The lowest BCUT2D eigenvalue weighted by Crippen LogP contribution is -2.63. The van der Waals surface area contributed by atoms with E-state index >= 15 is 0 Å². The molecule has 6 aromatic carbocycles. The Morgan fingerprint density at radius 3 is 0.918 bits per heavy atom. The van der Waals surface area contributed by atoms with Crippen LogP contribution in [0, 0.1) is 0 Å². The first kappa shape index (κ1) is 62.6. The second kappa shape index (κ2) is 30.9. The van der Waals surface area contributed by atoms with E-state index in [1.165, 1.54) is 67.6 Å². The van der Waals surface area contributed by atoms with Crippen LogP contribution in [0.5, 0.6) is 0 Å². The summed E-state index contributed by atoms with van der Waals surface area (Å²) >= 11 is 0. The highest BCUT2D eigenvalue weighted by Gasteiger charge is 2.55. The lowest BCUT2D eigenvalue weighted by atomic mass is 9.97. The Bertz CT molecular complexity index is 3110. The van der Waals surface area contributed by atoms with Crippen LogP contribution >= 0.6 is 0 Å². The average Bonchev–Trinajstić information content (AvgIpc) is 2.21. The monoisotopic (exact) mass is 1180 g/mol. The van der Waals surface area contributed by atoms with Gasteiger partial charge in [0.25, 0.3) is 0 Å². The molecule has 2 fully saturated rings. The molecule has 21 heteroatoms. The predicted octanol–water partition coefficient (Wildman–Crippen LogP) is 8.72. The van der Waals surface area contributed by atoms with E-state index in [0.717, 1.165) is 0 Å². The van der Waals surface area contributed by atoms with Crippen LogP contribution in [0.3, 0.4) is 0 Å². The van der Waals surface area contributed by atoms with Crippen LogP contribution in [-0.4, -0.2) is 151 Å². The van der Waals surface area contributed by atoms with Crippen LogP contribution in [0.2, 0.25) is 25.7 Å². The quantitative estimate of drug-likeness (QED) is 0.0162. The Morgan fingerprint density at radius 1 is 0.365 bits per heavy atom. The molecule has 2 saturated heterocycles. The lowest BCUT2D eigenvalue weighted by molar-refractivity contribution is -0.308.